The van der Waals surface area contributed by atoms with E-state index in [1.807, 2.05) is 56.6 Å². The van der Waals surface area contributed by atoms with Gasteiger partial charge in [-0.3, -0.25) is 4.57 Å². The maximum absolute atomic E-state index is 12.7. The zero-order valence-electron chi connectivity index (χ0n) is 23.1. The van der Waals surface area contributed by atoms with Crippen molar-refractivity contribution in [2.24, 2.45) is 0 Å². The molecule has 0 saturated heterocycles. The van der Waals surface area contributed by atoms with Gasteiger partial charge in [-0.15, -0.1) is 11.3 Å². The van der Waals surface area contributed by atoms with Gasteiger partial charge in [-0.2, -0.15) is 0 Å². The van der Waals surface area contributed by atoms with Crippen molar-refractivity contribution >= 4 is 28.9 Å². The maximum Gasteiger partial charge on any atom is 0.408 e. The summed E-state index contributed by atoms with van der Waals surface area (Å²) in [5.41, 5.74) is 5.70. The molecule has 2 aliphatic rings. The topological polar surface area (TPSA) is 94.0 Å². The third-order valence-electron chi connectivity index (χ3n) is 7.62. The molecule has 41 heavy (non-hydrogen) atoms. The zero-order chi connectivity index (χ0) is 28.2. The lowest BCUT2D eigenvalue weighted by molar-refractivity contribution is 0.0377. The molecule has 0 radical (unpaired) electrons. The second-order valence-electron chi connectivity index (χ2n) is 11.5. The van der Waals surface area contributed by atoms with Crippen LogP contribution < -0.4 is 10.6 Å². The van der Waals surface area contributed by atoms with Gasteiger partial charge < -0.3 is 15.4 Å². The number of imidazole rings is 1. The number of rotatable bonds is 4. The first-order chi connectivity index (χ1) is 19.8. The summed E-state index contributed by atoms with van der Waals surface area (Å²) < 4.78 is 7.77. The van der Waals surface area contributed by atoms with E-state index >= 15 is 0 Å². The fourth-order valence-corrected chi connectivity index (χ4v) is 6.27. The summed E-state index contributed by atoms with van der Waals surface area (Å²) in [6.45, 7) is 5.64. The SMILES string of the molecule is CC(C)(C)OC(=O)NC1(c2ccc(-c3c(-c4nccs4)nc4n3-c3cccnc3Nc3ccccc3-4)cc2)CCC1. The number of benzene rings is 2. The fraction of sp³-hybridized carbons (Fsp3) is 0.250. The number of amides is 1. The van der Waals surface area contributed by atoms with E-state index in [2.05, 4.69) is 61.6 Å². The van der Waals surface area contributed by atoms with Crippen LogP contribution in [0, 0.1) is 0 Å². The molecule has 8 nitrogen and oxygen atoms in total. The molecular formula is C32H30N6O2S. The van der Waals surface area contributed by atoms with E-state index in [9.17, 15) is 4.79 Å². The van der Waals surface area contributed by atoms with Gasteiger partial charge in [0.05, 0.1) is 22.6 Å². The number of ether oxygens (including phenoxy) is 1. The predicted molar refractivity (Wildman–Crippen MR) is 162 cm³/mol. The lowest BCUT2D eigenvalue weighted by Gasteiger charge is -2.43. The number of aromatic nitrogens is 4. The summed E-state index contributed by atoms with van der Waals surface area (Å²) in [5, 5.41) is 9.50. The van der Waals surface area contributed by atoms with Crippen molar-refractivity contribution in [1.29, 1.82) is 0 Å². The maximum atomic E-state index is 12.7. The van der Waals surface area contributed by atoms with Crippen LogP contribution in [0.5, 0.6) is 0 Å². The van der Waals surface area contributed by atoms with E-state index in [-0.39, 0.29) is 6.09 Å². The average molecular weight is 563 g/mol. The highest BCUT2D eigenvalue weighted by Gasteiger charge is 2.41. The van der Waals surface area contributed by atoms with Crippen molar-refractivity contribution in [1.82, 2.24) is 24.8 Å². The van der Waals surface area contributed by atoms with Crippen LogP contribution in [0.2, 0.25) is 0 Å². The third-order valence-corrected chi connectivity index (χ3v) is 8.40. The molecule has 5 aromatic rings. The van der Waals surface area contributed by atoms with Gasteiger partial charge in [0.15, 0.2) is 5.82 Å². The Morgan fingerprint density at radius 2 is 1.83 bits per heavy atom. The fourth-order valence-electron chi connectivity index (χ4n) is 5.64. The van der Waals surface area contributed by atoms with Crippen LogP contribution >= 0.6 is 11.3 Å². The standard InChI is InChI=1S/C32H30N6O2S/c1-31(2,3)40-30(39)37-32(15-7-16-32)21-13-11-20(12-14-21)26-25(29-34-18-19-41-29)36-28-22-8-4-5-9-23(22)35-27-24(38(26)28)10-6-17-33-27/h4-6,8-14,17-19H,7,15-16H2,1-3H3,(H,33,35)(H,37,39). The van der Waals surface area contributed by atoms with E-state index in [1.54, 1.807) is 17.5 Å². The van der Waals surface area contributed by atoms with Gasteiger partial charge in [0.2, 0.25) is 0 Å². The first-order valence-corrected chi connectivity index (χ1v) is 14.7. The summed E-state index contributed by atoms with van der Waals surface area (Å²) in [6, 6.07) is 20.6. The highest BCUT2D eigenvalue weighted by molar-refractivity contribution is 7.13. The minimum absolute atomic E-state index is 0.385. The van der Waals surface area contributed by atoms with Crippen molar-refractivity contribution < 1.29 is 9.53 Å². The number of anilines is 2. The van der Waals surface area contributed by atoms with Crippen LogP contribution in [0.1, 0.15) is 45.6 Å². The number of pyridine rings is 1. The van der Waals surface area contributed by atoms with Crippen LogP contribution in [0.15, 0.2) is 78.4 Å². The zero-order valence-corrected chi connectivity index (χ0v) is 24.0. The Bertz CT molecular complexity index is 1750. The molecule has 3 aromatic heterocycles. The highest BCUT2D eigenvalue weighted by atomic mass is 32.1. The molecule has 1 aliphatic heterocycles. The van der Waals surface area contributed by atoms with Crippen molar-refractivity contribution in [3.8, 4) is 39.0 Å². The van der Waals surface area contributed by atoms with Gasteiger partial charge in [0, 0.05) is 28.9 Å². The van der Waals surface area contributed by atoms with Gasteiger partial charge in [-0.1, -0.05) is 36.4 Å². The molecule has 2 N–H and O–H groups in total. The van der Waals surface area contributed by atoms with Crippen LogP contribution in [0.3, 0.4) is 0 Å². The molecule has 0 atom stereocenters. The number of nitrogens with zero attached hydrogens (tertiary/aromatic N) is 4. The monoisotopic (exact) mass is 562 g/mol. The lowest BCUT2D eigenvalue weighted by Crippen LogP contribution is -2.52. The summed E-state index contributed by atoms with van der Waals surface area (Å²) in [7, 11) is 0. The molecule has 0 spiro atoms. The molecule has 1 saturated carbocycles. The van der Waals surface area contributed by atoms with E-state index < -0.39 is 11.1 Å². The molecule has 1 aliphatic carbocycles. The van der Waals surface area contributed by atoms with Crippen LogP contribution in [-0.4, -0.2) is 31.2 Å². The van der Waals surface area contributed by atoms with Crippen molar-refractivity contribution in [3.05, 3.63) is 84.0 Å². The Morgan fingerprint density at radius 3 is 2.54 bits per heavy atom. The molecule has 1 amide bonds. The minimum atomic E-state index is -0.552. The number of nitrogens with one attached hydrogen (secondary N) is 2. The molecule has 206 valence electrons. The predicted octanol–water partition coefficient (Wildman–Crippen LogP) is 7.69. The number of fused-ring (bicyclic) bond motifs is 5. The number of hydrogen-bond donors (Lipinski definition) is 2. The smallest absolute Gasteiger partial charge is 0.408 e. The van der Waals surface area contributed by atoms with Crippen molar-refractivity contribution in [2.75, 3.05) is 5.32 Å². The Hall–Kier alpha value is -4.50. The average Bonchev–Trinajstić information content (AvgIpc) is 3.57. The van der Waals surface area contributed by atoms with Gasteiger partial charge in [-0.05, 0) is 69.9 Å². The van der Waals surface area contributed by atoms with Crippen molar-refractivity contribution in [2.45, 2.75) is 51.2 Å². The Balaban J connectivity index is 1.37. The third kappa shape index (κ3) is 4.46. The Morgan fingerprint density at radius 1 is 1.02 bits per heavy atom. The first-order valence-electron chi connectivity index (χ1n) is 13.8. The second kappa shape index (κ2) is 9.55. The molecule has 9 heteroatoms. The Labute approximate surface area is 242 Å². The second-order valence-corrected chi connectivity index (χ2v) is 12.4. The molecule has 0 bridgehead atoms. The quantitative estimate of drug-likeness (QED) is 0.229. The van der Waals surface area contributed by atoms with Crippen LogP contribution in [-0.2, 0) is 10.3 Å². The molecule has 4 heterocycles. The minimum Gasteiger partial charge on any atom is -0.444 e. The van der Waals surface area contributed by atoms with Gasteiger partial charge >= 0.3 is 6.09 Å². The highest BCUT2D eigenvalue weighted by Crippen LogP contribution is 2.46. The van der Waals surface area contributed by atoms with Gasteiger partial charge in [0.25, 0.3) is 0 Å². The van der Waals surface area contributed by atoms with Gasteiger partial charge in [0.1, 0.15) is 22.1 Å². The Kier molecular flexibility index (Phi) is 5.93. The number of para-hydroxylation sites is 1. The van der Waals surface area contributed by atoms with Crippen LogP contribution in [0.25, 0.3) is 39.0 Å². The number of carbonyl (C=O) groups excluding carboxylic acids is 1. The largest absolute Gasteiger partial charge is 0.444 e. The van der Waals surface area contributed by atoms with Crippen molar-refractivity contribution in [3.63, 3.8) is 0 Å². The molecule has 7 rings (SSSR count). The molecule has 1 fully saturated rings. The normalized spacial score (nSPS) is 14.9. The summed E-state index contributed by atoms with van der Waals surface area (Å²) >= 11 is 1.57. The summed E-state index contributed by atoms with van der Waals surface area (Å²) in [6.07, 6.45) is 6.02. The van der Waals surface area contributed by atoms with E-state index in [4.69, 9.17) is 9.72 Å². The van der Waals surface area contributed by atoms with Crippen LogP contribution in [0.4, 0.5) is 16.3 Å². The summed E-state index contributed by atoms with van der Waals surface area (Å²) in [4.78, 5) is 27.2. The molecular weight excluding hydrogens is 532 g/mol. The first kappa shape index (κ1) is 25.5. The van der Waals surface area contributed by atoms with E-state index in [0.717, 1.165) is 75.4 Å². The molecule has 0 unspecified atom stereocenters. The number of carbonyl (C=O) groups is 1. The van der Waals surface area contributed by atoms with E-state index in [1.165, 1.54) is 0 Å². The number of thiazole rings is 1. The van der Waals surface area contributed by atoms with E-state index in [0.29, 0.717) is 0 Å². The summed E-state index contributed by atoms with van der Waals surface area (Å²) in [5.74, 6) is 1.58. The molecule has 2 aromatic carbocycles. The lowest BCUT2D eigenvalue weighted by atomic mass is 9.71. The number of alkyl carbamates (subject to hydrolysis) is 1. The van der Waals surface area contributed by atoms with Gasteiger partial charge in [-0.25, -0.2) is 19.7 Å². The number of hydrogen-bond acceptors (Lipinski definition) is 7.